The molecule has 0 bridgehead atoms. The molecular weight excluding hydrogens is 278 g/mol. The molecule has 0 aliphatic heterocycles. The van der Waals surface area contributed by atoms with Gasteiger partial charge in [0.25, 0.3) is 0 Å². The number of hydrogen-bond donors (Lipinski definition) is 1. The van der Waals surface area contributed by atoms with Gasteiger partial charge in [-0.3, -0.25) is 4.99 Å². The van der Waals surface area contributed by atoms with Gasteiger partial charge in [-0.05, 0) is 23.6 Å². The topological polar surface area (TPSA) is 41.6 Å². The van der Waals surface area contributed by atoms with Crippen LogP contribution < -0.4 is 5.73 Å². The van der Waals surface area contributed by atoms with Gasteiger partial charge in [0.1, 0.15) is 0 Å². The van der Waals surface area contributed by atoms with Crippen LogP contribution in [0.3, 0.4) is 0 Å². The molecule has 1 aromatic rings. The van der Waals surface area contributed by atoms with Crippen LogP contribution in [-0.2, 0) is 6.54 Å². The van der Waals surface area contributed by atoms with E-state index in [1.165, 1.54) is 5.56 Å². The Kier molecular flexibility index (Phi) is 5.48. The lowest BCUT2D eigenvalue weighted by atomic mass is 10.2. The molecule has 1 aromatic carbocycles. The van der Waals surface area contributed by atoms with E-state index in [0.29, 0.717) is 11.9 Å². The first-order valence-corrected chi connectivity index (χ1v) is 6.54. The van der Waals surface area contributed by atoms with E-state index in [-0.39, 0.29) is 0 Å². The number of halogens is 1. The molecule has 0 fully saturated rings. The first-order chi connectivity index (χ1) is 7.99. The van der Waals surface area contributed by atoms with Gasteiger partial charge in [-0.25, -0.2) is 0 Å². The Labute approximate surface area is 112 Å². The smallest absolute Gasteiger partial charge is 0.191 e. The fourth-order valence-corrected chi connectivity index (χ4v) is 1.61. The number of benzene rings is 1. The second-order valence-electron chi connectivity index (χ2n) is 4.58. The summed E-state index contributed by atoms with van der Waals surface area (Å²) in [6, 6.07) is 8.22. The summed E-state index contributed by atoms with van der Waals surface area (Å²) in [5.41, 5.74) is 7.13. The molecule has 0 unspecified atom stereocenters. The van der Waals surface area contributed by atoms with Crippen LogP contribution in [0, 0.1) is 5.92 Å². The molecule has 0 saturated carbocycles. The van der Waals surface area contributed by atoms with Crippen LogP contribution in [0.2, 0.25) is 0 Å². The molecule has 1 rings (SSSR count). The molecule has 0 saturated heterocycles. The van der Waals surface area contributed by atoms with Gasteiger partial charge in [-0.15, -0.1) is 0 Å². The Balaban J connectivity index is 2.56. The SMILES string of the molecule is CC(C)CN=C(N)N(C)Cc1ccc(Br)cc1. The summed E-state index contributed by atoms with van der Waals surface area (Å²) in [7, 11) is 1.96. The molecule has 0 aliphatic carbocycles. The molecule has 0 amide bonds. The largest absolute Gasteiger partial charge is 0.370 e. The van der Waals surface area contributed by atoms with E-state index in [9.17, 15) is 0 Å². The van der Waals surface area contributed by atoms with E-state index in [4.69, 9.17) is 5.73 Å². The monoisotopic (exact) mass is 297 g/mol. The standard InChI is InChI=1S/C13H20BrN3/c1-10(2)8-16-13(15)17(3)9-11-4-6-12(14)7-5-11/h4-7,10H,8-9H2,1-3H3,(H2,15,16). The molecule has 0 heterocycles. The summed E-state index contributed by atoms with van der Waals surface area (Å²) in [5, 5.41) is 0. The molecule has 2 N–H and O–H groups in total. The summed E-state index contributed by atoms with van der Waals surface area (Å²) in [4.78, 5) is 6.31. The number of aliphatic imine (C=N–C) groups is 1. The molecule has 0 aliphatic rings. The van der Waals surface area contributed by atoms with E-state index >= 15 is 0 Å². The van der Waals surface area contributed by atoms with Crippen LogP contribution in [0.25, 0.3) is 0 Å². The predicted octanol–water partition coefficient (Wildman–Crippen LogP) is 2.85. The van der Waals surface area contributed by atoms with Crippen LogP contribution in [0.15, 0.2) is 33.7 Å². The van der Waals surface area contributed by atoms with Gasteiger partial charge in [-0.1, -0.05) is 41.9 Å². The molecule has 0 aromatic heterocycles. The predicted molar refractivity (Wildman–Crippen MR) is 76.9 cm³/mol. The molecule has 94 valence electrons. The lowest BCUT2D eigenvalue weighted by Crippen LogP contribution is -2.33. The highest BCUT2D eigenvalue weighted by Gasteiger charge is 2.03. The van der Waals surface area contributed by atoms with Crippen molar-refractivity contribution >= 4 is 21.9 Å². The second kappa shape index (κ2) is 6.64. The average Bonchev–Trinajstić information content (AvgIpc) is 2.28. The normalized spacial score (nSPS) is 11.9. The van der Waals surface area contributed by atoms with Crippen LogP contribution in [-0.4, -0.2) is 24.5 Å². The Morgan fingerprint density at radius 1 is 1.35 bits per heavy atom. The van der Waals surface area contributed by atoms with Crippen molar-refractivity contribution in [3.05, 3.63) is 34.3 Å². The number of hydrogen-bond acceptors (Lipinski definition) is 1. The second-order valence-corrected chi connectivity index (χ2v) is 5.49. The highest BCUT2D eigenvalue weighted by Crippen LogP contribution is 2.11. The molecule has 0 radical (unpaired) electrons. The number of nitrogens with zero attached hydrogens (tertiary/aromatic N) is 2. The fraction of sp³-hybridized carbons (Fsp3) is 0.462. The zero-order valence-electron chi connectivity index (χ0n) is 10.7. The Morgan fingerprint density at radius 2 is 1.94 bits per heavy atom. The summed E-state index contributed by atoms with van der Waals surface area (Å²) >= 11 is 3.42. The maximum Gasteiger partial charge on any atom is 0.191 e. The van der Waals surface area contributed by atoms with E-state index in [0.717, 1.165) is 17.6 Å². The maximum atomic E-state index is 5.91. The first kappa shape index (κ1) is 14.0. The molecule has 0 atom stereocenters. The van der Waals surface area contributed by atoms with Crippen molar-refractivity contribution in [2.24, 2.45) is 16.6 Å². The molecule has 0 spiro atoms. The van der Waals surface area contributed by atoms with Crippen molar-refractivity contribution in [3.8, 4) is 0 Å². The Bertz CT molecular complexity index is 371. The Hall–Kier alpha value is -1.03. The minimum Gasteiger partial charge on any atom is -0.370 e. The van der Waals surface area contributed by atoms with E-state index < -0.39 is 0 Å². The van der Waals surface area contributed by atoms with Crippen molar-refractivity contribution in [1.82, 2.24) is 4.90 Å². The quantitative estimate of drug-likeness (QED) is 0.686. The number of nitrogens with two attached hydrogens (primary N) is 1. The Morgan fingerprint density at radius 3 is 2.47 bits per heavy atom. The van der Waals surface area contributed by atoms with E-state index in [1.807, 2.05) is 24.1 Å². The number of guanidine groups is 1. The molecule has 17 heavy (non-hydrogen) atoms. The van der Waals surface area contributed by atoms with Crippen molar-refractivity contribution in [2.75, 3.05) is 13.6 Å². The van der Waals surface area contributed by atoms with Gasteiger partial charge in [-0.2, -0.15) is 0 Å². The first-order valence-electron chi connectivity index (χ1n) is 5.74. The van der Waals surface area contributed by atoms with Crippen molar-refractivity contribution in [3.63, 3.8) is 0 Å². The van der Waals surface area contributed by atoms with Gasteiger partial charge in [0.2, 0.25) is 0 Å². The minimum absolute atomic E-state index is 0.537. The van der Waals surface area contributed by atoms with Gasteiger partial charge >= 0.3 is 0 Å². The highest BCUT2D eigenvalue weighted by molar-refractivity contribution is 9.10. The highest BCUT2D eigenvalue weighted by atomic mass is 79.9. The van der Waals surface area contributed by atoms with Crippen molar-refractivity contribution < 1.29 is 0 Å². The fourth-order valence-electron chi connectivity index (χ4n) is 1.34. The average molecular weight is 298 g/mol. The zero-order valence-corrected chi connectivity index (χ0v) is 12.2. The lowest BCUT2D eigenvalue weighted by molar-refractivity contribution is 0.489. The third-order valence-corrected chi connectivity index (χ3v) is 2.87. The third kappa shape index (κ3) is 5.22. The van der Waals surface area contributed by atoms with Crippen LogP contribution in [0.1, 0.15) is 19.4 Å². The van der Waals surface area contributed by atoms with Crippen LogP contribution >= 0.6 is 15.9 Å². The summed E-state index contributed by atoms with van der Waals surface area (Å²) in [6.07, 6.45) is 0. The molecular formula is C13H20BrN3. The molecule has 4 heteroatoms. The molecule has 3 nitrogen and oxygen atoms in total. The summed E-state index contributed by atoms with van der Waals surface area (Å²) < 4.78 is 1.09. The summed E-state index contributed by atoms with van der Waals surface area (Å²) in [5.74, 6) is 1.14. The third-order valence-electron chi connectivity index (χ3n) is 2.34. The van der Waals surface area contributed by atoms with Gasteiger partial charge in [0, 0.05) is 24.6 Å². The van der Waals surface area contributed by atoms with Crippen molar-refractivity contribution in [1.29, 1.82) is 0 Å². The van der Waals surface area contributed by atoms with Crippen LogP contribution in [0.5, 0.6) is 0 Å². The van der Waals surface area contributed by atoms with E-state index in [2.05, 4.69) is 46.9 Å². The van der Waals surface area contributed by atoms with Gasteiger partial charge < -0.3 is 10.6 Å². The van der Waals surface area contributed by atoms with Gasteiger partial charge in [0.05, 0.1) is 0 Å². The van der Waals surface area contributed by atoms with Crippen molar-refractivity contribution in [2.45, 2.75) is 20.4 Å². The lowest BCUT2D eigenvalue weighted by Gasteiger charge is -2.18. The summed E-state index contributed by atoms with van der Waals surface area (Å²) in [6.45, 7) is 5.81. The van der Waals surface area contributed by atoms with Gasteiger partial charge in [0.15, 0.2) is 5.96 Å². The zero-order chi connectivity index (χ0) is 12.8. The maximum absolute atomic E-state index is 5.91. The van der Waals surface area contributed by atoms with E-state index in [1.54, 1.807) is 0 Å². The van der Waals surface area contributed by atoms with Crippen LogP contribution in [0.4, 0.5) is 0 Å². The number of rotatable bonds is 4. The minimum atomic E-state index is 0.537.